The highest BCUT2D eigenvalue weighted by Gasteiger charge is 2.22. The van der Waals surface area contributed by atoms with Crippen LogP contribution in [0.5, 0.6) is 0 Å². The molecule has 34 heavy (non-hydrogen) atoms. The van der Waals surface area contributed by atoms with E-state index in [2.05, 4.69) is 42.1 Å². The molecule has 174 valence electrons. The Morgan fingerprint density at radius 3 is 2.74 bits per heavy atom. The number of carbonyl (C=O) groups is 1. The van der Waals surface area contributed by atoms with Gasteiger partial charge in [-0.2, -0.15) is 0 Å². The maximum atomic E-state index is 12.6. The lowest BCUT2D eigenvalue weighted by Gasteiger charge is -2.20. The minimum absolute atomic E-state index is 0.132. The van der Waals surface area contributed by atoms with E-state index in [0.717, 1.165) is 29.5 Å². The Labute approximate surface area is 193 Å². The summed E-state index contributed by atoms with van der Waals surface area (Å²) >= 11 is 0. The van der Waals surface area contributed by atoms with Crippen molar-refractivity contribution < 1.29 is 4.79 Å². The highest BCUT2D eigenvalue weighted by molar-refractivity contribution is 5.90. The van der Waals surface area contributed by atoms with E-state index in [1.54, 1.807) is 24.5 Å². The summed E-state index contributed by atoms with van der Waals surface area (Å²) in [5, 5.41) is 2.73. The summed E-state index contributed by atoms with van der Waals surface area (Å²) in [6.45, 7) is 2.95. The number of imidazole rings is 1. The summed E-state index contributed by atoms with van der Waals surface area (Å²) < 4.78 is 2.32. The van der Waals surface area contributed by atoms with Crippen molar-refractivity contribution in [2.75, 3.05) is 16.8 Å². The second kappa shape index (κ2) is 8.54. The topological polar surface area (TPSA) is 144 Å². The van der Waals surface area contributed by atoms with Crippen LogP contribution in [0.25, 0.3) is 22.4 Å². The molecule has 1 aliphatic heterocycles. The highest BCUT2D eigenvalue weighted by atomic mass is 16.2. The molecule has 12 nitrogen and oxygen atoms in total. The van der Waals surface area contributed by atoms with Crippen molar-refractivity contribution in [1.82, 2.24) is 34.1 Å². The molecule has 5 heterocycles. The van der Waals surface area contributed by atoms with Crippen LogP contribution in [0.15, 0.2) is 46.5 Å². The number of fused-ring (bicyclic) bond motifs is 1. The quantitative estimate of drug-likeness (QED) is 0.446. The third-order valence-corrected chi connectivity index (χ3v) is 5.95. The van der Waals surface area contributed by atoms with Crippen molar-refractivity contribution in [3.63, 3.8) is 0 Å². The van der Waals surface area contributed by atoms with Gasteiger partial charge in [-0.25, -0.2) is 24.7 Å². The number of anilines is 2. The van der Waals surface area contributed by atoms with Crippen LogP contribution in [0.2, 0.25) is 0 Å². The van der Waals surface area contributed by atoms with Crippen LogP contribution in [-0.4, -0.2) is 52.5 Å². The van der Waals surface area contributed by atoms with Crippen molar-refractivity contribution in [3.8, 4) is 11.3 Å². The second-order valence-corrected chi connectivity index (χ2v) is 8.28. The SMILES string of the molecule is C[C@H]1CCCN1c1ncc(-c2cccc(NC(=O)Cn3cnc4[nH]c(=O)n(C)c(=O)c43)n2)cn1. The van der Waals surface area contributed by atoms with Crippen LogP contribution < -0.4 is 21.5 Å². The van der Waals surface area contributed by atoms with Crippen molar-refractivity contribution in [2.45, 2.75) is 32.4 Å². The maximum absolute atomic E-state index is 12.6. The first-order valence-corrected chi connectivity index (χ1v) is 10.9. The molecule has 0 spiro atoms. The highest BCUT2D eigenvalue weighted by Crippen LogP contribution is 2.23. The summed E-state index contributed by atoms with van der Waals surface area (Å²) in [6, 6.07) is 5.69. The van der Waals surface area contributed by atoms with Gasteiger partial charge < -0.3 is 14.8 Å². The first kappa shape index (κ1) is 21.5. The molecule has 0 radical (unpaired) electrons. The monoisotopic (exact) mass is 461 g/mol. The Morgan fingerprint density at radius 2 is 2.00 bits per heavy atom. The second-order valence-electron chi connectivity index (χ2n) is 8.28. The molecule has 0 bridgehead atoms. The fourth-order valence-electron chi connectivity index (χ4n) is 4.09. The fourth-order valence-corrected chi connectivity index (χ4v) is 4.09. The van der Waals surface area contributed by atoms with Gasteiger partial charge in [-0.3, -0.25) is 19.1 Å². The largest absolute Gasteiger partial charge is 0.338 e. The molecule has 0 aliphatic carbocycles. The molecule has 1 fully saturated rings. The van der Waals surface area contributed by atoms with E-state index in [4.69, 9.17) is 0 Å². The number of aromatic nitrogens is 7. The van der Waals surface area contributed by atoms with Gasteiger partial charge in [0.2, 0.25) is 11.9 Å². The Balaban J connectivity index is 1.32. The molecule has 1 atom stereocenters. The molecule has 0 aromatic carbocycles. The van der Waals surface area contributed by atoms with Crippen LogP contribution in [0.3, 0.4) is 0 Å². The first-order valence-electron chi connectivity index (χ1n) is 10.9. The molecule has 1 aliphatic rings. The van der Waals surface area contributed by atoms with Crippen molar-refractivity contribution in [3.05, 3.63) is 57.8 Å². The molecule has 5 rings (SSSR count). The van der Waals surface area contributed by atoms with E-state index in [0.29, 0.717) is 23.5 Å². The summed E-state index contributed by atoms with van der Waals surface area (Å²) in [5.41, 5.74) is 0.533. The zero-order valence-corrected chi connectivity index (χ0v) is 18.7. The van der Waals surface area contributed by atoms with E-state index in [-0.39, 0.29) is 17.7 Å². The molecule has 4 aromatic rings. The number of hydrogen-bond donors (Lipinski definition) is 2. The van der Waals surface area contributed by atoms with Gasteiger partial charge >= 0.3 is 5.69 Å². The first-order chi connectivity index (χ1) is 16.4. The minimum atomic E-state index is -0.569. The smallest absolute Gasteiger partial charge is 0.329 e. The fraction of sp³-hybridized carbons (Fsp3) is 0.318. The van der Waals surface area contributed by atoms with Gasteiger partial charge in [0.15, 0.2) is 11.2 Å². The molecule has 12 heteroatoms. The average Bonchev–Trinajstić information content (AvgIpc) is 3.43. The molecule has 1 saturated heterocycles. The molecule has 1 amide bonds. The zero-order valence-electron chi connectivity index (χ0n) is 18.7. The summed E-state index contributed by atoms with van der Waals surface area (Å²) in [6.07, 6.45) is 7.07. The molecule has 0 unspecified atom stereocenters. The van der Waals surface area contributed by atoms with E-state index in [1.807, 2.05) is 6.07 Å². The van der Waals surface area contributed by atoms with Crippen molar-refractivity contribution >= 4 is 28.8 Å². The van der Waals surface area contributed by atoms with Gasteiger partial charge in [0.05, 0.1) is 12.0 Å². The van der Waals surface area contributed by atoms with E-state index in [9.17, 15) is 14.4 Å². The Hall–Kier alpha value is -4.35. The Kier molecular flexibility index (Phi) is 5.40. The number of amides is 1. The van der Waals surface area contributed by atoms with Crippen LogP contribution in [-0.2, 0) is 18.4 Å². The van der Waals surface area contributed by atoms with Gasteiger partial charge in [0.1, 0.15) is 12.4 Å². The summed E-state index contributed by atoms with van der Waals surface area (Å²) in [4.78, 5) is 59.0. The summed E-state index contributed by atoms with van der Waals surface area (Å²) in [7, 11) is 1.36. The van der Waals surface area contributed by atoms with E-state index in [1.165, 1.54) is 17.9 Å². The van der Waals surface area contributed by atoms with Crippen LogP contribution in [0.1, 0.15) is 19.8 Å². The standard InChI is InChI=1S/C22H23N9O3/c1-13-5-4-8-31(13)21-23-9-14(10-24-21)15-6-3-7-16(26-15)27-17(32)11-30-12-25-19-18(30)20(33)29(2)22(34)28-19/h3,6-7,9-10,12-13H,4-5,8,11H2,1-2H3,(H,28,34)(H,26,27,32)/t13-/m0/s1. The molecule has 4 aromatic heterocycles. The molecule has 2 N–H and O–H groups in total. The van der Waals surface area contributed by atoms with Gasteiger partial charge in [-0.15, -0.1) is 0 Å². The number of H-pyrrole nitrogens is 1. The van der Waals surface area contributed by atoms with Gasteiger partial charge in [-0.1, -0.05) is 6.07 Å². The lowest BCUT2D eigenvalue weighted by molar-refractivity contribution is -0.116. The third kappa shape index (κ3) is 3.93. The third-order valence-electron chi connectivity index (χ3n) is 5.95. The van der Waals surface area contributed by atoms with Crippen molar-refractivity contribution in [2.24, 2.45) is 7.05 Å². The van der Waals surface area contributed by atoms with Gasteiger partial charge in [0.25, 0.3) is 5.56 Å². The predicted octanol–water partition coefficient (Wildman–Crippen LogP) is 0.903. The predicted molar refractivity (Wildman–Crippen MR) is 126 cm³/mol. The van der Waals surface area contributed by atoms with Crippen LogP contribution >= 0.6 is 0 Å². The number of aromatic amines is 1. The Morgan fingerprint density at radius 1 is 1.21 bits per heavy atom. The van der Waals surface area contributed by atoms with Crippen molar-refractivity contribution in [1.29, 1.82) is 0 Å². The van der Waals surface area contributed by atoms with E-state index >= 15 is 0 Å². The maximum Gasteiger partial charge on any atom is 0.329 e. The minimum Gasteiger partial charge on any atom is -0.338 e. The number of pyridine rings is 1. The lowest BCUT2D eigenvalue weighted by Crippen LogP contribution is -2.33. The number of nitrogens with one attached hydrogen (secondary N) is 2. The number of carbonyl (C=O) groups excluding carboxylic acids is 1. The van der Waals surface area contributed by atoms with Crippen LogP contribution in [0.4, 0.5) is 11.8 Å². The Bertz CT molecular complexity index is 1490. The zero-order chi connectivity index (χ0) is 23.8. The van der Waals surface area contributed by atoms with Crippen LogP contribution in [0, 0.1) is 0 Å². The van der Waals surface area contributed by atoms with Gasteiger partial charge in [-0.05, 0) is 31.9 Å². The number of nitrogens with zero attached hydrogens (tertiary/aromatic N) is 7. The number of rotatable bonds is 5. The summed E-state index contributed by atoms with van der Waals surface area (Å²) in [5.74, 6) is 0.663. The molecule has 0 saturated carbocycles. The molecular weight excluding hydrogens is 438 g/mol. The normalized spacial score (nSPS) is 15.7. The van der Waals surface area contributed by atoms with Gasteiger partial charge in [0, 0.05) is 37.6 Å². The number of hydrogen-bond acceptors (Lipinski definition) is 8. The molecular formula is C22H23N9O3. The average molecular weight is 461 g/mol. The lowest BCUT2D eigenvalue weighted by atomic mass is 10.2. The van der Waals surface area contributed by atoms with E-state index < -0.39 is 17.2 Å².